The number of nitrogens with zero attached hydrogens (tertiary/aromatic N) is 1. The summed E-state index contributed by atoms with van der Waals surface area (Å²) in [6.45, 7) is 1.75. The number of carbonyl (C=O) groups is 1. The zero-order valence-corrected chi connectivity index (χ0v) is 13.3. The van der Waals surface area contributed by atoms with Crippen molar-refractivity contribution in [3.63, 3.8) is 0 Å². The summed E-state index contributed by atoms with van der Waals surface area (Å²) in [6, 6.07) is 9.31. The van der Waals surface area contributed by atoms with E-state index in [1.54, 1.807) is 37.3 Å². The Morgan fingerprint density at radius 3 is 2.44 bits per heavy atom. The molecule has 4 N–H and O–H groups in total. The van der Waals surface area contributed by atoms with Crippen LogP contribution in [-0.4, -0.2) is 31.4 Å². The molecular weight excluding hydrogens is 322 g/mol. The number of phenols is 3. The summed E-state index contributed by atoms with van der Waals surface area (Å²) in [7, 11) is 0. The average Bonchev–Trinajstić information content (AvgIpc) is 2.58. The number of aromatic nitrogens is 1. The van der Waals surface area contributed by atoms with Crippen LogP contribution in [-0.2, 0) is 0 Å². The number of aromatic hydroxyl groups is 3. The van der Waals surface area contributed by atoms with Crippen LogP contribution in [0.15, 0.2) is 36.4 Å². The van der Waals surface area contributed by atoms with Gasteiger partial charge in [-0.25, -0.2) is 9.78 Å². The molecule has 6 nitrogen and oxygen atoms in total. The molecule has 0 saturated heterocycles. The van der Waals surface area contributed by atoms with Crippen LogP contribution in [0.1, 0.15) is 27.2 Å². The Balaban J connectivity index is 2.05. The summed E-state index contributed by atoms with van der Waals surface area (Å²) in [5.74, 6) is -2.02. The molecule has 0 amide bonds. The van der Waals surface area contributed by atoms with Crippen molar-refractivity contribution in [3.05, 3.63) is 58.8 Å². The molecule has 0 aliphatic rings. The number of rotatable bonds is 3. The number of benzene rings is 2. The number of hydrogen-bond acceptors (Lipinski definition) is 5. The topological polar surface area (TPSA) is 111 Å². The second-order valence-corrected chi connectivity index (χ2v) is 5.61. The van der Waals surface area contributed by atoms with Crippen molar-refractivity contribution in [2.45, 2.75) is 6.92 Å². The molecule has 25 heavy (non-hydrogen) atoms. The number of carboxylic acids is 1. The van der Waals surface area contributed by atoms with E-state index >= 15 is 0 Å². The van der Waals surface area contributed by atoms with Crippen molar-refractivity contribution in [3.8, 4) is 17.2 Å². The third-order valence-corrected chi connectivity index (χ3v) is 3.86. The molecule has 126 valence electrons. The van der Waals surface area contributed by atoms with Crippen LogP contribution in [0.5, 0.6) is 17.2 Å². The van der Waals surface area contributed by atoms with Crippen LogP contribution in [0.2, 0.25) is 0 Å². The first-order valence-electron chi connectivity index (χ1n) is 7.43. The highest BCUT2D eigenvalue weighted by Crippen LogP contribution is 2.31. The number of phenolic OH excluding ortho intramolecular Hbond substituents is 2. The first kappa shape index (κ1) is 16.3. The van der Waals surface area contributed by atoms with Crippen molar-refractivity contribution in [1.82, 2.24) is 4.98 Å². The molecule has 0 aliphatic heterocycles. The fourth-order valence-electron chi connectivity index (χ4n) is 2.54. The van der Waals surface area contributed by atoms with Crippen LogP contribution in [0.4, 0.5) is 0 Å². The summed E-state index contributed by atoms with van der Waals surface area (Å²) in [5, 5.41) is 38.8. The minimum absolute atomic E-state index is 0.193. The minimum atomic E-state index is -1.22. The van der Waals surface area contributed by atoms with Gasteiger partial charge in [-0.3, -0.25) is 0 Å². The molecule has 0 bridgehead atoms. The summed E-state index contributed by atoms with van der Waals surface area (Å²) in [5.41, 5.74) is 1.89. The quantitative estimate of drug-likeness (QED) is 0.544. The largest absolute Gasteiger partial charge is 0.505 e. The first-order chi connectivity index (χ1) is 11.9. The number of aryl methyl sites for hydroxylation is 1. The Labute approximate surface area is 142 Å². The van der Waals surface area contributed by atoms with Gasteiger partial charge in [0.15, 0.2) is 17.2 Å². The molecule has 0 aliphatic carbocycles. The predicted molar refractivity (Wildman–Crippen MR) is 93.8 cm³/mol. The van der Waals surface area contributed by atoms with E-state index in [1.165, 1.54) is 18.2 Å². The Hall–Kier alpha value is -3.54. The number of fused-ring (bicyclic) bond motifs is 1. The average molecular weight is 337 g/mol. The maximum Gasteiger partial charge on any atom is 0.339 e. The summed E-state index contributed by atoms with van der Waals surface area (Å²) in [6.07, 6.45) is 3.34. The SMILES string of the molecule is Cc1cc(C(=O)O)c(O)c2nc(/C=C/c3ccc(O)c(O)c3)ccc12. The van der Waals surface area contributed by atoms with Crippen molar-refractivity contribution in [2.75, 3.05) is 0 Å². The molecule has 1 heterocycles. The van der Waals surface area contributed by atoms with Gasteiger partial charge in [0.2, 0.25) is 0 Å². The Bertz CT molecular complexity index is 1020. The van der Waals surface area contributed by atoms with Crippen molar-refractivity contribution < 1.29 is 25.2 Å². The first-order valence-corrected chi connectivity index (χ1v) is 7.43. The molecule has 2 aromatic carbocycles. The van der Waals surface area contributed by atoms with Crippen LogP contribution < -0.4 is 0 Å². The summed E-state index contributed by atoms with van der Waals surface area (Å²) >= 11 is 0. The van der Waals surface area contributed by atoms with Gasteiger partial charge in [-0.05, 0) is 48.4 Å². The van der Waals surface area contributed by atoms with Crippen LogP contribution >= 0.6 is 0 Å². The van der Waals surface area contributed by atoms with Crippen molar-refractivity contribution in [1.29, 1.82) is 0 Å². The molecule has 0 fully saturated rings. The van der Waals surface area contributed by atoms with Gasteiger partial charge in [0, 0.05) is 5.39 Å². The lowest BCUT2D eigenvalue weighted by atomic mass is 10.0. The maximum atomic E-state index is 11.2. The van der Waals surface area contributed by atoms with E-state index in [-0.39, 0.29) is 28.3 Å². The molecule has 3 rings (SSSR count). The Kier molecular flexibility index (Phi) is 4.02. The monoisotopic (exact) mass is 337 g/mol. The number of pyridine rings is 1. The molecule has 1 aromatic heterocycles. The molecule has 0 saturated carbocycles. The lowest BCUT2D eigenvalue weighted by Gasteiger charge is -2.08. The zero-order valence-electron chi connectivity index (χ0n) is 13.3. The van der Waals surface area contributed by atoms with Gasteiger partial charge >= 0.3 is 5.97 Å². The Morgan fingerprint density at radius 2 is 1.76 bits per heavy atom. The molecule has 0 radical (unpaired) electrons. The highest BCUT2D eigenvalue weighted by atomic mass is 16.4. The van der Waals surface area contributed by atoms with Gasteiger partial charge in [0.25, 0.3) is 0 Å². The third-order valence-electron chi connectivity index (χ3n) is 3.86. The van der Waals surface area contributed by atoms with E-state index in [0.29, 0.717) is 22.2 Å². The molecule has 0 unspecified atom stereocenters. The number of carboxylic acid groups (broad SMARTS) is 1. The van der Waals surface area contributed by atoms with E-state index in [0.717, 1.165) is 0 Å². The van der Waals surface area contributed by atoms with Crippen LogP contribution in [0.3, 0.4) is 0 Å². The van der Waals surface area contributed by atoms with Gasteiger partial charge in [0.05, 0.1) is 5.69 Å². The van der Waals surface area contributed by atoms with E-state index in [2.05, 4.69) is 4.98 Å². The van der Waals surface area contributed by atoms with Crippen LogP contribution in [0.25, 0.3) is 23.1 Å². The van der Waals surface area contributed by atoms with Gasteiger partial charge in [0.1, 0.15) is 11.1 Å². The molecule has 0 atom stereocenters. The smallest absolute Gasteiger partial charge is 0.339 e. The van der Waals surface area contributed by atoms with Crippen LogP contribution in [0, 0.1) is 6.92 Å². The van der Waals surface area contributed by atoms with Crippen molar-refractivity contribution >= 4 is 29.0 Å². The van der Waals surface area contributed by atoms with Gasteiger partial charge < -0.3 is 20.4 Å². The molecule has 6 heteroatoms. The Morgan fingerprint density at radius 1 is 1.00 bits per heavy atom. The number of hydrogen-bond donors (Lipinski definition) is 4. The molecular formula is C19H15NO5. The van der Waals surface area contributed by atoms with E-state index in [9.17, 15) is 25.2 Å². The standard InChI is InChI=1S/C19H15NO5/c1-10-8-14(19(24)25)18(23)17-13(10)6-5-12(20-17)4-2-11-3-7-15(21)16(22)9-11/h2-9,21-23H,1H3,(H,24,25)/b4-2+. The van der Waals surface area contributed by atoms with Crippen molar-refractivity contribution in [2.24, 2.45) is 0 Å². The third kappa shape index (κ3) is 3.10. The fourth-order valence-corrected chi connectivity index (χ4v) is 2.54. The van der Waals surface area contributed by atoms with E-state index < -0.39 is 5.97 Å². The second kappa shape index (κ2) is 6.16. The zero-order chi connectivity index (χ0) is 18.1. The van der Waals surface area contributed by atoms with E-state index in [1.807, 2.05) is 0 Å². The summed E-state index contributed by atoms with van der Waals surface area (Å²) in [4.78, 5) is 15.5. The molecule has 0 spiro atoms. The lowest BCUT2D eigenvalue weighted by molar-refractivity contribution is 0.0694. The highest BCUT2D eigenvalue weighted by Gasteiger charge is 2.16. The second-order valence-electron chi connectivity index (χ2n) is 5.61. The van der Waals surface area contributed by atoms with E-state index in [4.69, 9.17) is 0 Å². The lowest BCUT2D eigenvalue weighted by Crippen LogP contribution is -1.99. The van der Waals surface area contributed by atoms with Gasteiger partial charge in [-0.2, -0.15) is 0 Å². The predicted octanol–water partition coefficient (Wildman–Crippen LogP) is 3.53. The highest BCUT2D eigenvalue weighted by molar-refractivity contribution is 6.00. The van der Waals surface area contributed by atoms with Gasteiger partial charge in [-0.1, -0.05) is 18.2 Å². The number of aromatic carboxylic acids is 1. The molecule has 3 aromatic rings. The van der Waals surface area contributed by atoms with Gasteiger partial charge in [-0.15, -0.1) is 0 Å². The maximum absolute atomic E-state index is 11.2. The fraction of sp³-hybridized carbons (Fsp3) is 0.0526. The normalized spacial score (nSPS) is 11.2. The minimum Gasteiger partial charge on any atom is -0.505 e. The summed E-state index contributed by atoms with van der Waals surface area (Å²) < 4.78 is 0.